The van der Waals surface area contributed by atoms with Crippen LogP contribution in [0.1, 0.15) is 34.1 Å². The third-order valence-corrected chi connectivity index (χ3v) is 3.72. The van der Waals surface area contributed by atoms with E-state index in [0.29, 0.717) is 0 Å². The van der Waals surface area contributed by atoms with E-state index in [0.717, 1.165) is 22.8 Å². The molecule has 1 N–H and O–H groups in total. The summed E-state index contributed by atoms with van der Waals surface area (Å²) in [5.74, 6) is 0. The van der Waals surface area contributed by atoms with E-state index in [1.165, 1.54) is 5.57 Å². The maximum Gasteiger partial charge on any atom is 0.0363 e. The van der Waals surface area contributed by atoms with Gasteiger partial charge in [-0.05, 0) is 37.1 Å². The predicted octanol–water partition coefficient (Wildman–Crippen LogP) is 5.60. The molecule has 1 aliphatic heterocycles. The number of allylic oxidation sites excluding steroid dienone is 9. The molecule has 0 bridgehead atoms. The molecule has 0 saturated carbocycles. The maximum absolute atomic E-state index is 6.06. The molecule has 0 atom stereocenters. The molecule has 1 rings (SSSR count). The zero-order chi connectivity index (χ0) is 15.2. The van der Waals surface area contributed by atoms with Crippen molar-refractivity contribution in [1.29, 1.82) is 0 Å². The number of hydrogen-bond donors (Lipinski definition) is 1. The Kier molecular flexibility index (Phi) is 6.09. The monoisotopic (exact) mass is 289 g/mol. The number of nitrogens with one attached hydrogen (secondary N) is 1. The van der Waals surface area contributed by atoms with Crippen molar-refractivity contribution in [1.82, 2.24) is 5.32 Å². The smallest absolute Gasteiger partial charge is 0.0363 e. The lowest BCUT2D eigenvalue weighted by Gasteiger charge is -2.32. The fourth-order valence-corrected chi connectivity index (χ4v) is 2.12. The molecule has 0 radical (unpaired) electrons. The van der Waals surface area contributed by atoms with E-state index in [9.17, 15) is 0 Å². The largest absolute Gasteiger partial charge is 0.359 e. The molecule has 0 unspecified atom stereocenters. The van der Waals surface area contributed by atoms with Gasteiger partial charge in [-0.3, -0.25) is 0 Å². The molecular formula is C18H24ClN. The van der Waals surface area contributed by atoms with Gasteiger partial charge in [0.2, 0.25) is 0 Å². The Morgan fingerprint density at radius 1 is 1.40 bits per heavy atom. The molecule has 0 aromatic carbocycles. The van der Waals surface area contributed by atoms with Crippen LogP contribution in [0.2, 0.25) is 0 Å². The van der Waals surface area contributed by atoms with Crippen molar-refractivity contribution in [2.75, 3.05) is 0 Å². The van der Waals surface area contributed by atoms with Crippen molar-refractivity contribution >= 4 is 11.6 Å². The van der Waals surface area contributed by atoms with E-state index in [4.69, 9.17) is 11.6 Å². The zero-order valence-electron chi connectivity index (χ0n) is 12.8. The minimum Gasteiger partial charge on any atom is -0.359 e. The van der Waals surface area contributed by atoms with Crippen molar-refractivity contribution in [2.45, 2.75) is 34.1 Å². The van der Waals surface area contributed by atoms with Gasteiger partial charge in [0.05, 0.1) is 0 Å². The molecule has 0 saturated heterocycles. The normalized spacial score (nSPS) is 17.4. The van der Waals surface area contributed by atoms with Crippen LogP contribution in [-0.4, -0.2) is 0 Å². The van der Waals surface area contributed by atoms with Crippen LogP contribution in [0.3, 0.4) is 0 Å². The van der Waals surface area contributed by atoms with Crippen LogP contribution in [0.5, 0.6) is 0 Å². The number of rotatable bonds is 5. The summed E-state index contributed by atoms with van der Waals surface area (Å²) in [4.78, 5) is 0. The SMILES string of the molecule is C=C1C=CC=C(C(C)(C)C(/C=C\C(Cl)=C/C)=C\CC)N1. The van der Waals surface area contributed by atoms with Gasteiger partial charge in [-0.25, -0.2) is 0 Å². The van der Waals surface area contributed by atoms with Gasteiger partial charge in [0.15, 0.2) is 0 Å². The van der Waals surface area contributed by atoms with Crippen LogP contribution < -0.4 is 5.32 Å². The topological polar surface area (TPSA) is 12.0 Å². The summed E-state index contributed by atoms with van der Waals surface area (Å²) < 4.78 is 0. The Labute approximate surface area is 128 Å². The second-order valence-corrected chi connectivity index (χ2v) is 5.73. The summed E-state index contributed by atoms with van der Waals surface area (Å²) in [6.45, 7) is 12.4. The molecule has 0 aromatic rings. The number of halogens is 1. The Bertz CT molecular complexity index is 514. The van der Waals surface area contributed by atoms with Crippen LogP contribution in [0, 0.1) is 5.41 Å². The van der Waals surface area contributed by atoms with E-state index in [-0.39, 0.29) is 5.41 Å². The van der Waals surface area contributed by atoms with Gasteiger partial charge in [0.25, 0.3) is 0 Å². The molecule has 1 aliphatic rings. The average molecular weight is 290 g/mol. The summed E-state index contributed by atoms with van der Waals surface area (Å²) in [6, 6.07) is 0. The lowest BCUT2D eigenvalue weighted by Crippen LogP contribution is -2.28. The Balaban J connectivity index is 3.10. The lowest BCUT2D eigenvalue weighted by atomic mass is 9.79. The van der Waals surface area contributed by atoms with Crippen LogP contribution in [0.25, 0.3) is 0 Å². The summed E-state index contributed by atoms with van der Waals surface area (Å²) in [7, 11) is 0. The average Bonchev–Trinajstić information content (AvgIpc) is 2.42. The second kappa shape index (κ2) is 7.35. The highest BCUT2D eigenvalue weighted by molar-refractivity contribution is 6.31. The Hall–Kier alpha value is -1.47. The fraction of sp³-hybridized carbons (Fsp3) is 0.333. The van der Waals surface area contributed by atoms with E-state index >= 15 is 0 Å². The highest BCUT2D eigenvalue weighted by Crippen LogP contribution is 2.36. The minimum atomic E-state index is -0.120. The van der Waals surface area contributed by atoms with Crippen LogP contribution in [0.15, 0.2) is 71.1 Å². The van der Waals surface area contributed by atoms with Crippen molar-refractivity contribution in [2.24, 2.45) is 5.41 Å². The number of hydrogen-bond acceptors (Lipinski definition) is 1. The van der Waals surface area contributed by atoms with Gasteiger partial charge in [-0.15, -0.1) is 0 Å². The first-order chi connectivity index (χ1) is 9.41. The van der Waals surface area contributed by atoms with Crippen LogP contribution in [-0.2, 0) is 0 Å². The quantitative estimate of drug-likeness (QED) is 0.649. The van der Waals surface area contributed by atoms with E-state index in [1.807, 2.05) is 31.2 Å². The molecular weight excluding hydrogens is 266 g/mol. The second-order valence-electron chi connectivity index (χ2n) is 5.29. The standard InChI is InChI=1S/C18H24ClN/c1-6-9-15(12-13-16(19)7-2)18(4,5)17-11-8-10-14(3)20-17/h7-13,20H,3,6H2,1-2,4-5H3/b13-12-,15-9-,16-7+. The van der Waals surface area contributed by atoms with Crippen molar-refractivity contribution in [3.8, 4) is 0 Å². The molecule has 0 spiro atoms. The zero-order valence-corrected chi connectivity index (χ0v) is 13.6. The lowest BCUT2D eigenvalue weighted by molar-refractivity contribution is 0.516. The first kappa shape index (κ1) is 16.6. The molecule has 2 heteroatoms. The summed E-state index contributed by atoms with van der Waals surface area (Å²) in [5.41, 5.74) is 3.18. The van der Waals surface area contributed by atoms with E-state index < -0.39 is 0 Å². The van der Waals surface area contributed by atoms with E-state index in [1.54, 1.807) is 0 Å². The van der Waals surface area contributed by atoms with Gasteiger partial charge in [0, 0.05) is 21.8 Å². The first-order valence-corrected chi connectivity index (χ1v) is 7.35. The number of dihydropyridines is 1. The van der Waals surface area contributed by atoms with Gasteiger partial charge in [-0.1, -0.05) is 63.3 Å². The predicted molar refractivity (Wildman–Crippen MR) is 90.4 cm³/mol. The summed E-state index contributed by atoms with van der Waals surface area (Å²) >= 11 is 6.06. The summed E-state index contributed by atoms with van der Waals surface area (Å²) in [6.07, 6.45) is 15.2. The van der Waals surface area contributed by atoms with Gasteiger partial charge < -0.3 is 5.32 Å². The third-order valence-electron chi connectivity index (χ3n) is 3.37. The van der Waals surface area contributed by atoms with E-state index in [2.05, 4.69) is 50.9 Å². The van der Waals surface area contributed by atoms with Crippen molar-refractivity contribution in [3.05, 3.63) is 71.1 Å². The molecule has 1 nitrogen and oxygen atoms in total. The first-order valence-electron chi connectivity index (χ1n) is 6.97. The van der Waals surface area contributed by atoms with Crippen molar-refractivity contribution in [3.63, 3.8) is 0 Å². The van der Waals surface area contributed by atoms with Crippen LogP contribution >= 0.6 is 11.6 Å². The minimum absolute atomic E-state index is 0.120. The fourth-order valence-electron chi connectivity index (χ4n) is 2.05. The molecule has 0 aliphatic carbocycles. The van der Waals surface area contributed by atoms with Crippen molar-refractivity contribution < 1.29 is 0 Å². The Morgan fingerprint density at radius 3 is 2.65 bits per heavy atom. The molecule has 0 aromatic heterocycles. The van der Waals surface area contributed by atoms with Gasteiger partial charge in [-0.2, -0.15) is 0 Å². The molecule has 0 amide bonds. The third kappa shape index (κ3) is 4.28. The highest BCUT2D eigenvalue weighted by Gasteiger charge is 2.27. The molecule has 0 fully saturated rings. The van der Waals surface area contributed by atoms with Crippen LogP contribution in [0.4, 0.5) is 0 Å². The van der Waals surface area contributed by atoms with Gasteiger partial charge >= 0.3 is 0 Å². The summed E-state index contributed by atoms with van der Waals surface area (Å²) in [5, 5.41) is 4.10. The van der Waals surface area contributed by atoms with Gasteiger partial charge in [0.1, 0.15) is 0 Å². The Morgan fingerprint density at radius 2 is 2.10 bits per heavy atom. The molecule has 108 valence electrons. The maximum atomic E-state index is 6.06. The molecule has 20 heavy (non-hydrogen) atoms. The highest BCUT2D eigenvalue weighted by atomic mass is 35.5. The molecule has 1 heterocycles.